The molecule has 3 aromatic carbocycles. The number of methoxy groups -OCH3 is 1. The van der Waals surface area contributed by atoms with Gasteiger partial charge in [0.05, 0.1) is 14.2 Å². The Morgan fingerprint density at radius 1 is 0.968 bits per heavy atom. The molecular weight excluding hydrogens is 390 g/mol. The van der Waals surface area contributed by atoms with E-state index in [4.69, 9.17) is 4.74 Å². The molecule has 0 bridgehead atoms. The maximum Gasteiger partial charge on any atom is 0.277 e. The molecule has 162 valence electrons. The van der Waals surface area contributed by atoms with Gasteiger partial charge in [0.15, 0.2) is 6.54 Å². The van der Waals surface area contributed by atoms with Crippen LogP contribution in [0.1, 0.15) is 21.5 Å². The van der Waals surface area contributed by atoms with E-state index in [9.17, 15) is 9.59 Å². The van der Waals surface area contributed by atoms with Crippen LogP contribution in [0, 0.1) is 0 Å². The normalized spacial score (nSPS) is 11.7. The van der Waals surface area contributed by atoms with E-state index in [0.29, 0.717) is 25.2 Å². The fraction of sp³-hybridized carbons (Fsp3) is 0.280. The molecule has 3 rings (SSSR count). The summed E-state index contributed by atoms with van der Waals surface area (Å²) in [6, 6.07) is 19.7. The molecule has 0 aromatic heterocycles. The number of amides is 2. The van der Waals surface area contributed by atoms with Gasteiger partial charge in [-0.25, -0.2) is 0 Å². The van der Waals surface area contributed by atoms with Gasteiger partial charge in [-0.1, -0.05) is 30.3 Å². The summed E-state index contributed by atoms with van der Waals surface area (Å²) in [4.78, 5) is 27.2. The second-order valence-electron chi connectivity index (χ2n) is 7.88. The smallest absolute Gasteiger partial charge is 0.277 e. The van der Waals surface area contributed by atoms with Gasteiger partial charge >= 0.3 is 0 Å². The molecule has 1 atom stereocenters. The molecule has 0 heterocycles. The monoisotopic (exact) mass is 420 g/mol. The number of fused-ring (bicyclic) bond motifs is 1. The van der Waals surface area contributed by atoms with Crippen molar-refractivity contribution in [2.75, 3.05) is 34.8 Å². The Bertz CT molecular complexity index is 1060. The number of carbonyl (C=O) groups is 2. The predicted molar refractivity (Wildman–Crippen MR) is 122 cm³/mol. The van der Waals surface area contributed by atoms with Crippen LogP contribution >= 0.6 is 0 Å². The number of nitrogens with one attached hydrogen (secondary N) is 2. The molecule has 0 saturated heterocycles. The molecule has 2 N–H and O–H groups in total. The molecular formula is C25H30N3O3+. The van der Waals surface area contributed by atoms with Crippen molar-refractivity contribution in [1.82, 2.24) is 10.2 Å². The Hall–Kier alpha value is -3.38. The van der Waals surface area contributed by atoms with Crippen LogP contribution in [0.5, 0.6) is 5.75 Å². The molecule has 31 heavy (non-hydrogen) atoms. The minimum atomic E-state index is -0.100. The van der Waals surface area contributed by atoms with Crippen molar-refractivity contribution in [3.05, 3.63) is 77.4 Å². The number of rotatable bonds is 8. The predicted octanol–water partition coefficient (Wildman–Crippen LogP) is 1.88. The van der Waals surface area contributed by atoms with Crippen LogP contribution in [0.15, 0.2) is 60.7 Å². The zero-order valence-electron chi connectivity index (χ0n) is 18.6. The molecule has 0 radical (unpaired) electrons. The van der Waals surface area contributed by atoms with E-state index in [2.05, 4.69) is 23.5 Å². The Morgan fingerprint density at radius 3 is 2.29 bits per heavy atom. The van der Waals surface area contributed by atoms with E-state index in [-0.39, 0.29) is 11.8 Å². The van der Waals surface area contributed by atoms with E-state index in [0.717, 1.165) is 32.5 Å². The van der Waals surface area contributed by atoms with Crippen molar-refractivity contribution in [2.24, 2.45) is 0 Å². The number of carbonyl (C=O) groups excluding carboxylic acids is 2. The van der Waals surface area contributed by atoms with Crippen LogP contribution in [-0.4, -0.2) is 51.5 Å². The van der Waals surface area contributed by atoms with Crippen molar-refractivity contribution >= 4 is 22.6 Å². The quantitative estimate of drug-likeness (QED) is 0.585. The third kappa shape index (κ3) is 5.83. The van der Waals surface area contributed by atoms with E-state index >= 15 is 0 Å². The van der Waals surface area contributed by atoms with E-state index in [1.807, 2.05) is 56.6 Å². The zero-order valence-corrected chi connectivity index (χ0v) is 18.6. The summed E-state index contributed by atoms with van der Waals surface area (Å²) in [7, 11) is 7.12. The lowest BCUT2D eigenvalue weighted by Crippen LogP contribution is -3.08. The zero-order chi connectivity index (χ0) is 22.4. The van der Waals surface area contributed by atoms with Crippen molar-refractivity contribution in [3.8, 4) is 5.75 Å². The van der Waals surface area contributed by atoms with Crippen LogP contribution in [-0.2, 0) is 17.9 Å². The number of quaternary nitrogens is 1. The number of ether oxygens (including phenoxy) is 1. The lowest BCUT2D eigenvalue weighted by Gasteiger charge is -2.20. The second kappa shape index (κ2) is 10.1. The fourth-order valence-corrected chi connectivity index (χ4v) is 3.58. The number of hydrogen-bond donors (Lipinski definition) is 2. The summed E-state index contributed by atoms with van der Waals surface area (Å²) in [5.74, 6) is 0.827. The average Bonchev–Trinajstić information content (AvgIpc) is 2.78. The topological polar surface area (TPSA) is 63.1 Å². The van der Waals surface area contributed by atoms with Crippen molar-refractivity contribution in [1.29, 1.82) is 0 Å². The summed E-state index contributed by atoms with van der Waals surface area (Å²) in [5.41, 5.74) is 2.81. The van der Waals surface area contributed by atoms with Gasteiger partial charge in [-0.3, -0.25) is 9.59 Å². The largest absolute Gasteiger partial charge is 0.497 e. The van der Waals surface area contributed by atoms with Crippen molar-refractivity contribution < 1.29 is 19.2 Å². The molecule has 6 nitrogen and oxygen atoms in total. The summed E-state index contributed by atoms with van der Waals surface area (Å²) in [5, 5.41) is 4.86. The van der Waals surface area contributed by atoms with Crippen LogP contribution < -0.4 is 15.0 Å². The van der Waals surface area contributed by atoms with E-state index in [1.54, 1.807) is 19.1 Å². The first-order chi connectivity index (χ1) is 14.9. The Morgan fingerprint density at radius 2 is 1.61 bits per heavy atom. The number of hydrogen-bond acceptors (Lipinski definition) is 3. The second-order valence-corrected chi connectivity index (χ2v) is 7.88. The lowest BCUT2D eigenvalue weighted by molar-refractivity contribution is -0.885. The molecule has 3 aromatic rings. The Kier molecular flexibility index (Phi) is 7.26. The van der Waals surface area contributed by atoms with Crippen LogP contribution in [0.2, 0.25) is 0 Å². The third-order valence-corrected chi connectivity index (χ3v) is 5.36. The standard InChI is InChI=1S/C25H29N3O3/c1-26-25(30)20-8-5-18(6-9-20)15-27(2)17-24(29)28(3)16-19-7-10-22-14-23(31-4)12-11-21(22)13-19/h5-14H,15-17H2,1-4H3,(H,26,30)/p+1. The van der Waals surface area contributed by atoms with Gasteiger partial charge in [-0.05, 0) is 46.7 Å². The molecule has 0 aliphatic rings. The van der Waals surface area contributed by atoms with Crippen molar-refractivity contribution in [3.63, 3.8) is 0 Å². The highest BCUT2D eigenvalue weighted by Gasteiger charge is 2.16. The first kappa shape index (κ1) is 22.3. The number of nitrogens with zero attached hydrogens (tertiary/aromatic N) is 1. The molecule has 0 aliphatic carbocycles. The molecule has 0 aliphatic heterocycles. The summed E-state index contributed by atoms with van der Waals surface area (Å²) in [6.45, 7) is 1.68. The molecule has 0 fully saturated rings. The van der Waals surface area contributed by atoms with Crippen molar-refractivity contribution in [2.45, 2.75) is 13.1 Å². The van der Waals surface area contributed by atoms with E-state index in [1.165, 1.54) is 0 Å². The highest BCUT2D eigenvalue weighted by atomic mass is 16.5. The van der Waals surface area contributed by atoms with Gasteiger partial charge in [-0.2, -0.15) is 0 Å². The summed E-state index contributed by atoms with van der Waals surface area (Å²) >= 11 is 0. The number of likely N-dealkylation sites (N-methyl/N-ethyl adjacent to an activating group) is 2. The molecule has 0 saturated carbocycles. The highest BCUT2D eigenvalue weighted by molar-refractivity contribution is 5.93. The Labute approximate surface area is 183 Å². The first-order valence-corrected chi connectivity index (χ1v) is 10.3. The minimum absolute atomic E-state index is 0.0920. The molecule has 0 spiro atoms. The van der Waals surface area contributed by atoms with Gasteiger partial charge in [0.2, 0.25) is 0 Å². The fourth-order valence-electron chi connectivity index (χ4n) is 3.58. The third-order valence-electron chi connectivity index (χ3n) is 5.36. The number of benzene rings is 3. The molecule has 1 unspecified atom stereocenters. The van der Waals surface area contributed by atoms with Gasteiger partial charge in [0, 0.05) is 31.8 Å². The average molecular weight is 421 g/mol. The van der Waals surface area contributed by atoms with Gasteiger partial charge in [0.25, 0.3) is 11.8 Å². The minimum Gasteiger partial charge on any atom is -0.497 e. The van der Waals surface area contributed by atoms with Gasteiger partial charge in [-0.15, -0.1) is 0 Å². The van der Waals surface area contributed by atoms with Crippen LogP contribution in [0.3, 0.4) is 0 Å². The Balaban J connectivity index is 1.56. The lowest BCUT2D eigenvalue weighted by atomic mass is 10.1. The van der Waals surface area contributed by atoms with Crippen LogP contribution in [0.4, 0.5) is 0 Å². The molecule has 2 amide bonds. The van der Waals surface area contributed by atoms with E-state index < -0.39 is 0 Å². The molecule has 6 heteroatoms. The van der Waals surface area contributed by atoms with Crippen LogP contribution in [0.25, 0.3) is 10.8 Å². The van der Waals surface area contributed by atoms with Gasteiger partial charge in [0.1, 0.15) is 12.3 Å². The highest BCUT2D eigenvalue weighted by Crippen LogP contribution is 2.22. The maximum absolute atomic E-state index is 12.7. The SMILES string of the molecule is CNC(=O)c1ccc(C[NH+](C)CC(=O)N(C)Cc2ccc3cc(OC)ccc3c2)cc1. The summed E-state index contributed by atoms with van der Waals surface area (Å²) in [6.07, 6.45) is 0. The van der Waals surface area contributed by atoms with Gasteiger partial charge < -0.3 is 19.9 Å². The maximum atomic E-state index is 12.7. The summed E-state index contributed by atoms with van der Waals surface area (Å²) < 4.78 is 5.28. The first-order valence-electron chi connectivity index (χ1n) is 10.3.